The van der Waals surface area contributed by atoms with Crippen LogP contribution in [0.1, 0.15) is 47.1 Å². The number of esters is 1. The fraction of sp³-hybridized carbons (Fsp3) is 0.500. The van der Waals surface area contributed by atoms with Gasteiger partial charge in [0.1, 0.15) is 5.75 Å². The minimum atomic E-state index is -2.05. The largest absolute Gasteiger partial charge is 0.543 e. The van der Waals surface area contributed by atoms with Crippen LogP contribution in [0.4, 0.5) is 0 Å². The summed E-state index contributed by atoms with van der Waals surface area (Å²) in [6.07, 6.45) is 0.724. The maximum absolute atomic E-state index is 11.6. The Labute approximate surface area is 127 Å². The number of ether oxygens (including phenoxy) is 1. The smallest absolute Gasteiger partial charge is 0.337 e. The lowest BCUT2D eigenvalue weighted by Crippen LogP contribution is -2.44. The lowest BCUT2D eigenvalue weighted by Gasteiger charge is -2.37. The molecule has 0 saturated heterocycles. The van der Waals surface area contributed by atoms with Crippen molar-refractivity contribution in [2.75, 3.05) is 7.11 Å². The molecule has 0 saturated carbocycles. The van der Waals surface area contributed by atoms with Crippen molar-refractivity contribution < 1.29 is 18.8 Å². The van der Waals surface area contributed by atoms with Crippen LogP contribution in [0, 0.1) is 6.92 Å². The van der Waals surface area contributed by atoms with E-state index >= 15 is 0 Å². The van der Waals surface area contributed by atoms with Crippen LogP contribution < -0.4 is 4.43 Å². The summed E-state index contributed by atoms with van der Waals surface area (Å²) >= 11 is 0. The lowest BCUT2D eigenvalue weighted by atomic mass is 10.1. The van der Waals surface area contributed by atoms with E-state index in [1.165, 1.54) is 13.2 Å². The van der Waals surface area contributed by atoms with Gasteiger partial charge in [-0.25, -0.2) is 4.79 Å². The molecule has 0 N–H and O–H groups in total. The zero-order chi connectivity index (χ0) is 16.4. The molecule has 116 valence electrons. The number of hydrogen-bond donors (Lipinski definition) is 0. The van der Waals surface area contributed by atoms with Gasteiger partial charge >= 0.3 is 5.97 Å². The van der Waals surface area contributed by atoms with Crippen LogP contribution in [0.3, 0.4) is 0 Å². The quantitative estimate of drug-likeness (QED) is 0.479. The molecule has 1 aromatic rings. The summed E-state index contributed by atoms with van der Waals surface area (Å²) in [5, 5.41) is 0.0284. The van der Waals surface area contributed by atoms with Crippen molar-refractivity contribution in [2.24, 2.45) is 0 Å². The van der Waals surface area contributed by atoms with Gasteiger partial charge < -0.3 is 9.16 Å². The first-order chi connectivity index (χ1) is 9.53. The van der Waals surface area contributed by atoms with Gasteiger partial charge in [-0.05, 0) is 42.8 Å². The first kappa shape index (κ1) is 17.4. The Morgan fingerprint density at radius 1 is 1.24 bits per heavy atom. The molecular weight excluding hydrogens is 284 g/mol. The number of carbonyl (C=O) groups is 2. The van der Waals surface area contributed by atoms with E-state index in [4.69, 9.17) is 9.16 Å². The number of methoxy groups -OCH3 is 1. The second-order valence-corrected chi connectivity index (χ2v) is 11.4. The van der Waals surface area contributed by atoms with E-state index in [2.05, 4.69) is 33.9 Å². The molecule has 0 unspecified atom stereocenters. The van der Waals surface area contributed by atoms with E-state index in [1.54, 1.807) is 6.07 Å². The molecule has 0 aliphatic heterocycles. The summed E-state index contributed by atoms with van der Waals surface area (Å²) < 4.78 is 10.9. The van der Waals surface area contributed by atoms with Crippen LogP contribution in [0.15, 0.2) is 12.1 Å². The van der Waals surface area contributed by atoms with Crippen LogP contribution >= 0.6 is 0 Å². The average Bonchev–Trinajstić information content (AvgIpc) is 2.38. The van der Waals surface area contributed by atoms with Gasteiger partial charge in [0.05, 0.1) is 18.2 Å². The van der Waals surface area contributed by atoms with Crippen molar-refractivity contribution in [3.63, 3.8) is 0 Å². The minimum absolute atomic E-state index is 0.0284. The standard InChI is InChI=1S/C16H24O4Si/c1-11-8-12(15(18)19-5)9-13(10-17)14(11)20-21(6,7)16(2,3)4/h8-10H,1-7H3. The lowest BCUT2D eigenvalue weighted by molar-refractivity contribution is 0.0600. The van der Waals surface area contributed by atoms with E-state index in [0.717, 1.165) is 11.8 Å². The highest BCUT2D eigenvalue weighted by molar-refractivity contribution is 6.74. The van der Waals surface area contributed by atoms with E-state index in [9.17, 15) is 9.59 Å². The first-order valence-corrected chi connectivity index (χ1v) is 9.81. The van der Waals surface area contributed by atoms with Crippen molar-refractivity contribution in [3.8, 4) is 5.75 Å². The van der Waals surface area contributed by atoms with Crippen molar-refractivity contribution in [1.29, 1.82) is 0 Å². The molecule has 5 heteroatoms. The van der Waals surface area contributed by atoms with Gasteiger partial charge in [0.15, 0.2) is 6.29 Å². The van der Waals surface area contributed by atoms with Crippen LogP contribution in [0.5, 0.6) is 5.75 Å². The Morgan fingerprint density at radius 2 is 1.81 bits per heavy atom. The molecule has 0 fully saturated rings. The second-order valence-electron chi connectivity index (χ2n) is 6.68. The van der Waals surface area contributed by atoms with Crippen molar-refractivity contribution in [1.82, 2.24) is 0 Å². The van der Waals surface area contributed by atoms with Crippen molar-refractivity contribution >= 4 is 20.6 Å². The maximum Gasteiger partial charge on any atom is 0.337 e. The van der Waals surface area contributed by atoms with Crippen LogP contribution in [-0.2, 0) is 4.74 Å². The molecule has 4 nitrogen and oxygen atoms in total. The molecule has 0 atom stereocenters. The summed E-state index contributed by atoms with van der Waals surface area (Å²) in [6.45, 7) is 12.5. The highest BCUT2D eigenvalue weighted by Gasteiger charge is 2.39. The second kappa shape index (κ2) is 6.01. The summed E-state index contributed by atoms with van der Waals surface area (Å²) in [6, 6.07) is 3.22. The molecule has 0 bridgehead atoms. The van der Waals surface area contributed by atoms with Gasteiger partial charge in [-0.1, -0.05) is 20.8 Å². The highest BCUT2D eigenvalue weighted by atomic mass is 28.4. The SMILES string of the molecule is COC(=O)c1cc(C)c(O[Si](C)(C)C(C)(C)C)c(C=O)c1. The number of aldehydes is 1. The predicted molar refractivity (Wildman–Crippen MR) is 85.7 cm³/mol. The topological polar surface area (TPSA) is 52.6 Å². The fourth-order valence-electron chi connectivity index (χ4n) is 1.67. The normalized spacial score (nSPS) is 12.0. The summed E-state index contributed by atoms with van der Waals surface area (Å²) in [5.41, 5.74) is 1.52. The third-order valence-electron chi connectivity index (χ3n) is 4.01. The average molecular weight is 308 g/mol. The molecule has 0 aliphatic rings. The monoisotopic (exact) mass is 308 g/mol. The van der Waals surface area contributed by atoms with Gasteiger partial charge in [-0.3, -0.25) is 4.79 Å². The number of rotatable bonds is 4. The molecule has 0 amide bonds. The first-order valence-electron chi connectivity index (χ1n) is 6.90. The predicted octanol–water partition coefficient (Wildman–Crippen LogP) is 3.98. The number of carbonyl (C=O) groups excluding carboxylic acids is 2. The zero-order valence-electron chi connectivity index (χ0n) is 13.9. The molecule has 0 radical (unpaired) electrons. The molecule has 1 aromatic carbocycles. The summed E-state index contributed by atoms with van der Waals surface area (Å²) in [5.74, 6) is 0.115. The third kappa shape index (κ3) is 3.72. The highest BCUT2D eigenvalue weighted by Crippen LogP contribution is 2.39. The zero-order valence-corrected chi connectivity index (χ0v) is 14.9. The Balaban J connectivity index is 3.32. The fourth-order valence-corrected chi connectivity index (χ4v) is 2.77. The van der Waals surface area contributed by atoms with Crippen LogP contribution in [0.2, 0.25) is 18.1 Å². The van der Waals surface area contributed by atoms with Gasteiger partial charge in [0.2, 0.25) is 0 Å². The molecule has 0 spiro atoms. The maximum atomic E-state index is 11.6. The molecule has 0 heterocycles. The number of benzene rings is 1. The van der Waals surface area contributed by atoms with Gasteiger partial charge in [0, 0.05) is 0 Å². The molecule has 1 rings (SSSR count). The van der Waals surface area contributed by atoms with Crippen LogP contribution in [0.25, 0.3) is 0 Å². The molecule has 21 heavy (non-hydrogen) atoms. The minimum Gasteiger partial charge on any atom is -0.543 e. The molecule has 0 aromatic heterocycles. The van der Waals surface area contributed by atoms with Crippen LogP contribution in [-0.4, -0.2) is 27.7 Å². The van der Waals surface area contributed by atoms with Gasteiger partial charge in [-0.15, -0.1) is 0 Å². The van der Waals surface area contributed by atoms with Crippen molar-refractivity contribution in [2.45, 2.75) is 45.8 Å². The Bertz CT molecular complexity index is 556. The summed E-state index contributed by atoms with van der Waals surface area (Å²) in [4.78, 5) is 23.0. The van der Waals surface area contributed by atoms with E-state index in [1.807, 2.05) is 6.92 Å². The Morgan fingerprint density at radius 3 is 2.24 bits per heavy atom. The third-order valence-corrected chi connectivity index (χ3v) is 8.34. The van der Waals surface area contributed by atoms with E-state index < -0.39 is 14.3 Å². The van der Waals surface area contributed by atoms with Crippen molar-refractivity contribution in [3.05, 3.63) is 28.8 Å². The number of aryl methyl sites for hydroxylation is 1. The van der Waals surface area contributed by atoms with Gasteiger partial charge in [0.25, 0.3) is 8.32 Å². The van der Waals surface area contributed by atoms with E-state index in [0.29, 0.717) is 16.9 Å². The Hall–Kier alpha value is -1.62. The Kier molecular flexibility index (Phi) is 4.99. The molecular formula is C16H24O4Si. The van der Waals surface area contributed by atoms with Gasteiger partial charge in [-0.2, -0.15) is 0 Å². The summed E-state index contributed by atoms with van der Waals surface area (Å²) in [7, 11) is -0.735. The number of hydrogen-bond acceptors (Lipinski definition) is 4. The van der Waals surface area contributed by atoms with E-state index in [-0.39, 0.29) is 5.04 Å². The molecule has 0 aliphatic carbocycles.